The van der Waals surface area contributed by atoms with E-state index < -0.39 is 29.7 Å². The molecule has 0 unspecified atom stereocenters. The number of aliphatic carboxylic acids is 1. The van der Waals surface area contributed by atoms with E-state index in [0.29, 0.717) is 25.8 Å². The molecular weight excluding hydrogens is 422 g/mol. The molecule has 1 fully saturated rings. The molecule has 1 saturated carbocycles. The number of alkyl carbamates (subject to hydrolysis) is 1. The summed E-state index contributed by atoms with van der Waals surface area (Å²) in [5.41, 5.74) is -0.641. The van der Waals surface area contributed by atoms with E-state index in [4.69, 9.17) is 9.84 Å². The number of carboxylic acids is 1. The Hall–Kier alpha value is -1.97. The lowest BCUT2D eigenvalue weighted by Crippen LogP contribution is -2.49. The summed E-state index contributed by atoms with van der Waals surface area (Å²) in [6, 6.07) is -1.57. The molecule has 2 atom stereocenters. The van der Waals surface area contributed by atoms with Crippen molar-refractivity contribution in [1.82, 2.24) is 16.0 Å². The van der Waals surface area contributed by atoms with Crippen molar-refractivity contribution in [3.05, 3.63) is 0 Å². The largest absolute Gasteiger partial charge is 0.480 e. The molecule has 178 valence electrons. The average molecular weight is 460 g/mol. The fourth-order valence-corrected chi connectivity index (χ4v) is 3.82. The highest BCUT2D eigenvalue weighted by atomic mass is 32.2. The number of amides is 3. The number of ether oxygens (including phenoxy) is 1. The maximum atomic E-state index is 12.6. The van der Waals surface area contributed by atoms with Gasteiger partial charge >= 0.3 is 12.1 Å². The Bertz CT molecular complexity index is 629. The number of carboxylic acid groups (broad SMARTS) is 1. The smallest absolute Gasteiger partial charge is 0.408 e. The maximum Gasteiger partial charge on any atom is 0.408 e. The Morgan fingerprint density at radius 2 is 1.71 bits per heavy atom. The monoisotopic (exact) mass is 459 g/mol. The molecule has 0 saturated heterocycles. The third kappa shape index (κ3) is 10.8. The first-order chi connectivity index (χ1) is 14.4. The molecule has 0 aromatic heterocycles. The van der Waals surface area contributed by atoms with Crippen LogP contribution in [0.15, 0.2) is 0 Å². The molecule has 0 aromatic rings. The lowest BCUT2D eigenvalue weighted by atomic mass is 9.81. The van der Waals surface area contributed by atoms with Gasteiger partial charge in [0, 0.05) is 12.5 Å². The number of hydrogen-bond donors (Lipinski definition) is 4. The van der Waals surface area contributed by atoms with Gasteiger partial charge in [0.05, 0.1) is 0 Å². The summed E-state index contributed by atoms with van der Waals surface area (Å²) in [5.74, 6) is -0.750. The summed E-state index contributed by atoms with van der Waals surface area (Å²) in [5, 5.41) is 17.0. The van der Waals surface area contributed by atoms with Crippen molar-refractivity contribution in [1.29, 1.82) is 0 Å². The minimum absolute atomic E-state index is 0.197. The number of rotatable bonds is 10. The Morgan fingerprint density at radius 1 is 1.10 bits per heavy atom. The highest BCUT2D eigenvalue weighted by molar-refractivity contribution is 7.98. The normalized spacial score (nSPS) is 20.8. The van der Waals surface area contributed by atoms with Crippen molar-refractivity contribution in [2.24, 2.45) is 11.8 Å². The van der Waals surface area contributed by atoms with Gasteiger partial charge in [0.15, 0.2) is 0 Å². The van der Waals surface area contributed by atoms with E-state index in [1.54, 1.807) is 32.5 Å². The highest BCUT2D eigenvalue weighted by Gasteiger charge is 2.29. The van der Waals surface area contributed by atoms with E-state index in [0.717, 1.165) is 18.6 Å². The van der Waals surface area contributed by atoms with Crippen molar-refractivity contribution >= 4 is 35.6 Å². The van der Waals surface area contributed by atoms with E-state index in [-0.39, 0.29) is 23.7 Å². The fourth-order valence-electron chi connectivity index (χ4n) is 3.34. The lowest BCUT2D eigenvalue weighted by molar-refractivity contribution is -0.142. The summed E-state index contributed by atoms with van der Waals surface area (Å²) < 4.78 is 5.26. The third-order valence-corrected chi connectivity index (χ3v) is 5.77. The maximum absolute atomic E-state index is 12.6. The second-order valence-corrected chi connectivity index (χ2v) is 10.00. The zero-order valence-electron chi connectivity index (χ0n) is 19.2. The highest BCUT2D eigenvalue weighted by Crippen LogP contribution is 2.28. The van der Waals surface area contributed by atoms with Crippen LogP contribution < -0.4 is 16.0 Å². The van der Waals surface area contributed by atoms with Crippen LogP contribution in [0.25, 0.3) is 0 Å². The first-order valence-corrected chi connectivity index (χ1v) is 12.1. The molecule has 1 aliphatic rings. The van der Waals surface area contributed by atoms with E-state index in [1.165, 1.54) is 6.92 Å². The topological polar surface area (TPSA) is 134 Å². The summed E-state index contributed by atoms with van der Waals surface area (Å²) in [7, 11) is 0. The van der Waals surface area contributed by atoms with E-state index >= 15 is 0 Å². The summed E-state index contributed by atoms with van der Waals surface area (Å²) in [6.45, 7) is 7.22. The minimum Gasteiger partial charge on any atom is -0.480 e. The summed E-state index contributed by atoms with van der Waals surface area (Å²) in [6.07, 6.45) is 4.68. The Morgan fingerprint density at radius 3 is 2.23 bits per heavy atom. The molecule has 0 heterocycles. The molecule has 1 aliphatic carbocycles. The molecule has 0 aromatic carbocycles. The van der Waals surface area contributed by atoms with Crippen LogP contribution in [-0.2, 0) is 19.1 Å². The minimum atomic E-state index is -1.05. The Balaban J connectivity index is 2.47. The number of carbonyl (C=O) groups excluding carboxylic acids is 3. The summed E-state index contributed by atoms with van der Waals surface area (Å²) >= 11 is 1.60. The van der Waals surface area contributed by atoms with Gasteiger partial charge in [0.1, 0.15) is 17.7 Å². The molecule has 0 spiro atoms. The zero-order chi connectivity index (χ0) is 23.6. The van der Waals surface area contributed by atoms with Crippen LogP contribution in [0.5, 0.6) is 0 Å². The first kappa shape index (κ1) is 27.1. The van der Waals surface area contributed by atoms with Crippen molar-refractivity contribution in [2.75, 3.05) is 18.6 Å². The molecular formula is C21H37N3O6S. The van der Waals surface area contributed by atoms with Crippen molar-refractivity contribution in [2.45, 2.75) is 77.5 Å². The third-order valence-electron chi connectivity index (χ3n) is 5.13. The van der Waals surface area contributed by atoms with Gasteiger partial charge in [-0.25, -0.2) is 4.79 Å². The van der Waals surface area contributed by atoms with Crippen molar-refractivity contribution in [3.8, 4) is 0 Å². The van der Waals surface area contributed by atoms with Gasteiger partial charge in [-0.15, -0.1) is 0 Å². The zero-order valence-corrected chi connectivity index (χ0v) is 20.0. The second-order valence-electron chi connectivity index (χ2n) is 9.01. The van der Waals surface area contributed by atoms with Gasteiger partial charge in [-0.1, -0.05) is 0 Å². The molecule has 0 radical (unpaired) electrons. The molecule has 1 rings (SSSR count). The van der Waals surface area contributed by atoms with Gasteiger partial charge in [-0.2, -0.15) is 11.8 Å². The SMILES string of the molecule is CSCC[C@H](NC(=O)OC(C)(C)C)C(=O)NCC1CCC(C(=O)N[C@H](C)C(=O)O)CC1. The van der Waals surface area contributed by atoms with Crippen LogP contribution in [0.3, 0.4) is 0 Å². The molecule has 9 nitrogen and oxygen atoms in total. The summed E-state index contributed by atoms with van der Waals surface area (Å²) in [4.78, 5) is 47.8. The lowest BCUT2D eigenvalue weighted by Gasteiger charge is -2.29. The van der Waals surface area contributed by atoms with Crippen LogP contribution in [0.2, 0.25) is 0 Å². The van der Waals surface area contributed by atoms with Crippen molar-refractivity contribution < 1.29 is 29.0 Å². The van der Waals surface area contributed by atoms with Crippen molar-refractivity contribution in [3.63, 3.8) is 0 Å². The van der Waals surface area contributed by atoms with Crippen LogP contribution in [0.4, 0.5) is 4.79 Å². The Labute approximate surface area is 188 Å². The quantitative estimate of drug-likeness (QED) is 0.393. The van der Waals surface area contributed by atoms with Gasteiger partial charge < -0.3 is 25.8 Å². The molecule has 4 N–H and O–H groups in total. The number of carbonyl (C=O) groups is 4. The molecule has 10 heteroatoms. The van der Waals surface area contributed by atoms with E-state index in [1.807, 2.05) is 6.26 Å². The Kier molecular flexibility index (Phi) is 11.2. The average Bonchev–Trinajstić information content (AvgIpc) is 2.68. The molecule has 3 amide bonds. The van der Waals surface area contributed by atoms with Crippen LogP contribution in [0, 0.1) is 11.8 Å². The van der Waals surface area contributed by atoms with Crippen LogP contribution >= 0.6 is 11.8 Å². The van der Waals surface area contributed by atoms with Crippen LogP contribution in [0.1, 0.15) is 59.8 Å². The van der Waals surface area contributed by atoms with Gasteiger partial charge in [-0.05, 0) is 77.7 Å². The molecule has 31 heavy (non-hydrogen) atoms. The van der Waals surface area contributed by atoms with E-state index in [9.17, 15) is 19.2 Å². The van der Waals surface area contributed by atoms with Gasteiger partial charge in [-0.3, -0.25) is 14.4 Å². The predicted octanol–water partition coefficient (Wildman–Crippen LogP) is 2.14. The predicted molar refractivity (Wildman–Crippen MR) is 120 cm³/mol. The second kappa shape index (κ2) is 12.8. The number of thioether (sulfide) groups is 1. The van der Waals surface area contributed by atoms with Crippen LogP contribution in [-0.4, -0.2) is 65.2 Å². The standard InChI is InChI=1S/C21H37N3O6S/c1-13(19(27)28)23-17(25)15-8-6-14(7-9-15)12-22-18(26)16(10-11-31-5)24-20(29)30-21(2,3)4/h13-16H,6-12H2,1-5H3,(H,22,26)(H,23,25)(H,24,29)(H,27,28)/t13-,14?,15?,16+/m1/s1. The van der Waals surface area contributed by atoms with Gasteiger partial charge in [0.2, 0.25) is 11.8 Å². The molecule has 0 aliphatic heterocycles. The molecule has 0 bridgehead atoms. The fraction of sp³-hybridized carbons (Fsp3) is 0.810. The number of hydrogen-bond acceptors (Lipinski definition) is 6. The van der Waals surface area contributed by atoms with Gasteiger partial charge in [0.25, 0.3) is 0 Å². The van der Waals surface area contributed by atoms with E-state index in [2.05, 4.69) is 16.0 Å². The first-order valence-electron chi connectivity index (χ1n) is 10.7. The number of nitrogens with one attached hydrogen (secondary N) is 3.